The molecule has 2 atom stereocenters. The van der Waals surface area contributed by atoms with Gasteiger partial charge in [-0.15, -0.1) is 0 Å². The third-order valence-electron chi connectivity index (χ3n) is 3.30. The molecule has 0 aliphatic carbocycles. The van der Waals surface area contributed by atoms with Crippen molar-refractivity contribution in [3.63, 3.8) is 0 Å². The maximum Gasteiger partial charge on any atom is 0.237 e. The molecule has 1 amide bonds. The van der Waals surface area contributed by atoms with Gasteiger partial charge in [-0.1, -0.05) is 51.1 Å². The summed E-state index contributed by atoms with van der Waals surface area (Å²) in [6.45, 7) is 6.55. The number of carbonyl (C=O) groups excluding carboxylic acids is 1. The average Bonchev–Trinajstić information content (AvgIpc) is 2.43. The molecule has 118 valence electrons. The first-order valence-electron chi connectivity index (χ1n) is 7.43. The highest BCUT2D eigenvalue weighted by Crippen LogP contribution is 2.29. The predicted molar refractivity (Wildman–Crippen MR) is 92.4 cm³/mol. The summed E-state index contributed by atoms with van der Waals surface area (Å²) in [7, 11) is 0. The van der Waals surface area contributed by atoms with Crippen LogP contribution < -0.4 is 11.1 Å². The van der Waals surface area contributed by atoms with Crippen LogP contribution in [-0.2, 0) is 4.79 Å². The summed E-state index contributed by atoms with van der Waals surface area (Å²) in [6.07, 6.45) is 3.62. The summed E-state index contributed by atoms with van der Waals surface area (Å²) in [6, 6.07) is 9.70. The summed E-state index contributed by atoms with van der Waals surface area (Å²) in [5.74, 6) is 0.853. The number of nitrogens with two attached hydrogens (primary N) is 1. The van der Waals surface area contributed by atoms with E-state index in [2.05, 4.69) is 38.2 Å². The first-order valence-corrected chi connectivity index (χ1v) is 8.82. The van der Waals surface area contributed by atoms with Crippen LogP contribution in [0.1, 0.15) is 45.2 Å². The smallest absolute Gasteiger partial charge is 0.237 e. The minimum atomic E-state index is -0.427. The zero-order valence-electron chi connectivity index (χ0n) is 13.6. The molecule has 0 bridgehead atoms. The molecule has 0 saturated carbocycles. The number of hydrogen-bond donors (Lipinski definition) is 2. The molecule has 0 fully saturated rings. The Kier molecular flexibility index (Phi) is 7.26. The molecule has 21 heavy (non-hydrogen) atoms. The van der Waals surface area contributed by atoms with Gasteiger partial charge in [-0.3, -0.25) is 4.79 Å². The Morgan fingerprint density at radius 1 is 1.29 bits per heavy atom. The van der Waals surface area contributed by atoms with Gasteiger partial charge in [-0.2, -0.15) is 11.8 Å². The second-order valence-electron chi connectivity index (χ2n) is 6.62. The van der Waals surface area contributed by atoms with Crippen LogP contribution in [0.25, 0.3) is 0 Å². The summed E-state index contributed by atoms with van der Waals surface area (Å²) in [5.41, 5.74) is 7.24. The SMILES string of the molecule is CSCC[C@@H](N)C(=O)NC(CC(C)(C)C)c1ccccc1. The number of thioether (sulfide) groups is 1. The highest BCUT2D eigenvalue weighted by Gasteiger charge is 2.23. The lowest BCUT2D eigenvalue weighted by atomic mass is 9.85. The molecule has 1 aromatic rings. The minimum Gasteiger partial charge on any atom is -0.348 e. The fourth-order valence-electron chi connectivity index (χ4n) is 2.20. The molecule has 3 N–H and O–H groups in total. The van der Waals surface area contributed by atoms with Crippen LogP contribution in [0.4, 0.5) is 0 Å². The fraction of sp³-hybridized carbons (Fsp3) is 0.588. The van der Waals surface area contributed by atoms with Crippen LogP contribution in [-0.4, -0.2) is 24.0 Å². The van der Waals surface area contributed by atoms with Gasteiger partial charge in [0.25, 0.3) is 0 Å². The van der Waals surface area contributed by atoms with E-state index in [-0.39, 0.29) is 17.4 Å². The molecular weight excluding hydrogens is 280 g/mol. The van der Waals surface area contributed by atoms with Crippen LogP contribution in [0, 0.1) is 5.41 Å². The van der Waals surface area contributed by atoms with Crippen molar-refractivity contribution >= 4 is 17.7 Å². The van der Waals surface area contributed by atoms with E-state index in [9.17, 15) is 4.79 Å². The van der Waals surface area contributed by atoms with Gasteiger partial charge in [0.2, 0.25) is 5.91 Å². The van der Waals surface area contributed by atoms with Crippen LogP contribution >= 0.6 is 11.8 Å². The van der Waals surface area contributed by atoms with Crippen molar-refractivity contribution in [3.05, 3.63) is 35.9 Å². The fourth-order valence-corrected chi connectivity index (χ4v) is 2.69. The predicted octanol–water partition coefficient (Wildman–Crippen LogP) is 3.36. The third-order valence-corrected chi connectivity index (χ3v) is 3.95. The molecule has 0 heterocycles. The van der Waals surface area contributed by atoms with Crippen molar-refractivity contribution in [1.82, 2.24) is 5.32 Å². The van der Waals surface area contributed by atoms with E-state index in [1.54, 1.807) is 11.8 Å². The summed E-state index contributed by atoms with van der Waals surface area (Å²) in [4.78, 5) is 12.3. The van der Waals surface area contributed by atoms with Gasteiger partial charge >= 0.3 is 0 Å². The van der Waals surface area contributed by atoms with E-state index >= 15 is 0 Å². The molecule has 0 aliphatic rings. The quantitative estimate of drug-likeness (QED) is 0.812. The molecule has 1 unspecified atom stereocenters. The molecule has 0 saturated heterocycles. The van der Waals surface area contributed by atoms with Crippen LogP contribution in [0.3, 0.4) is 0 Å². The third kappa shape index (κ3) is 7.00. The zero-order chi connectivity index (χ0) is 15.9. The second kappa shape index (κ2) is 8.44. The Hall–Kier alpha value is -1.00. The lowest BCUT2D eigenvalue weighted by Crippen LogP contribution is -2.43. The van der Waals surface area contributed by atoms with Crippen LogP contribution in [0.5, 0.6) is 0 Å². The number of rotatable bonds is 7. The van der Waals surface area contributed by atoms with E-state index in [0.29, 0.717) is 6.42 Å². The van der Waals surface area contributed by atoms with E-state index < -0.39 is 6.04 Å². The molecule has 3 nitrogen and oxygen atoms in total. The number of benzene rings is 1. The van der Waals surface area contributed by atoms with Gasteiger partial charge < -0.3 is 11.1 Å². The Balaban J connectivity index is 2.76. The van der Waals surface area contributed by atoms with Gasteiger partial charge in [0.15, 0.2) is 0 Å². The van der Waals surface area contributed by atoms with Crippen molar-refractivity contribution in [2.45, 2.75) is 45.7 Å². The Bertz CT molecular complexity index is 428. The van der Waals surface area contributed by atoms with Crippen molar-refractivity contribution in [2.75, 3.05) is 12.0 Å². The number of carbonyl (C=O) groups is 1. The summed E-state index contributed by atoms with van der Waals surface area (Å²) >= 11 is 1.71. The molecule has 0 spiro atoms. The van der Waals surface area contributed by atoms with Crippen molar-refractivity contribution in [2.24, 2.45) is 11.1 Å². The lowest BCUT2D eigenvalue weighted by Gasteiger charge is -2.28. The van der Waals surface area contributed by atoms with Gasteiger partial charge in [-0.05, 0) is 35.8 Å². The number of hydrogen-bond acceptors (Lipinski definition) is 3. The molecule has 1 rings (SSSR count). The Labute approximate surface area is 133 Å². The summed E-state index contributed by atoms with van der Waals surface area (Å²) in [5, 5.41) is 3.13. The van der Waals surface area contributed by atoms with E-state index in [0.717, 1.165) is 17.7 Å². The normalized spacial score (nSPS) is 14.5. The van der Waals surface area contributed by atoms with E-state index in [1.807, 2.05) is 24.5 Å². The monoisotopic (exact) mass is 308 g/mol. The summed E-state index contributed by atoms with van der Waals surface area (Å²) < 4.78 is 0. The highest BCUT2D eigenvalue weighted by atomic mass is 32.2. The number of nitrogens with one attached hydrogen (secondary N) is 1. The van der Waals surface area contributed by atoms with Crippen molar-refractivity contribution < 1.29 is 4.79 Å². The maximum absolute atomic E-state index is 12.3. The second-order valence-corrected chi connectivity index (χ2v) is 7.61. The largest absolute Gasteiger partial charge is 0.348 e. The van der Waals surface area contributed by atoms with Gasteiger partial charge in [-0.25, -0.2) is 0 Å². The van der Waals surface area contributed by atoms with E-state index in [4.69, 9.17) is 5.73 Å². The molecule has 0 aliphatic heterocycles. The Morgan fingerprint density at radius 2 is 1.90 bits per heavy atom. The molecule has 0 radical (unpaired) electrons. The Morgan fingerprint density at radius 3 is 2.43 bits per heavy atom. The van der Waals surface area contributed by atoms with Gasteiger partial charge in [0, 0.05) is 0 Å². The van der Waals surface area contributed by atoms with E-state index in [1.165, 1.54) is 0 Å². The van der Waals surface area contributed by atoms with Crippen molar-refractivity contribution in [3.8, 4) is 0 Å². The zero-order valence-corrected chi connectivity index (χ0v) is 14.4. The molecule has 1 aromatic carbocycles. The highest BCUT2D eigenvalue weighted by molar-refractivity contribution is 7.98. The number of amides is 1. The van der Waals surface area contributed by atoms with Crippen molar-refractivity contribution in [1.29, 1.82) is 0 Å². The standard InChI is InChI=1S/C17H28N2OS/c1-17(2,3)12-15(13-8-6-5-7-9-13)19-16(20)14(18)10-11-21-4/h5-9,14-15H,10-12,18H2,1-4H3,(H,19,20)/t14-,15?/m1/s1. The average molecular weight is 308 g/mol. The van der Waals surface area contributed by atoms with Gasteiger partial charge in [0.05, 0.1) is 12.1 Å². The molecule has 0 aromatic heterocycles. The maximum atomic E-state index is 12.3. The first kappa shape index (κ1) is 18.1. The molecular formula is C17H28N2OS. The first-order chi connectivity index (χ1) is 9.83. The van der Waals surface area contributed by atoms with Crippen LogP contribution in [0.15, 0.2) is 30.3 Å². The minimum absolute atomic E-state index is 0.0130. The molecule has 4 heteroatoms. The van der Waals surface area contributed by atoms with Gasteiger partial charge in [0.1, 0.15) is 0 Å². The lowest BCUT2D eigenvalue weighted by molar-refractivity contribution is -0.123. The van der Waals surface area contributed by atoms with Crippen LogP contribution in [0.2, 0.25) is 0 Å². The topological polar surface area (TPSA) is 55.1 Å².